The van der Waals surface area contributed by atoms with Gasteiger partial charge in [0.25, 0.3) is 10.0 Å². The summed E-state index contributed by atoms with van der Waals surface area (Å²) >= 11 is 12.6. The molecule has 5 nitrogen and oxygen atoms in total. The van der Waals surface area contributed by atoms with Crippen LogP contribution in [0.5, 0.6) is 0 Å². The van der Waals surface area contributed by atoms with Gasteiger partial charge in [0, 0.05) is 13.2 Å². The molecule has 2 aromatic heterocycles. The van der Waals surface area contributed by atoms with Crippen LogP contribution in [0.3, 0.4) is 0 Å². The molecule has 0 aliphatic heterocycles. The van der Waals surface area contributed by atoms with Gasteiger partial charge in [-0.15, -0.1) is 11.3 Å². The Morgan fingerprint density at radius 1 is 1.42 bits per heavy atom. The Balaban J connectivity index is 2.52. The number of sulfonamides is 1. The van der Waals surface area contributed by atoms with Crippen LogP contribution in [0.1, 0.15) is 0 Å². The molecule has 0 aromatic carbocycles. The summed E-state index contributed by atoms with van der Waals surface area (Å²) in [6.45, 7) is 0. The van der Waals surface area contributed by atoms with Gasteiger partial charge in [0.05, 0.1) is 21.9 Å². The number of hydrogen-bond donors (Lipinski definition) is 1. The highest BCUT2D eigenvalue weighted by Crippen LogP contribution is 2.37. The molecule has 0 unspecified atom stereocenters. The number of halogens is 2. The van der Waals surface area contributed by atoms with E-state index in [1.54, 1.807) is 0 Å². The van der Waals surface area contributed by atoms with E-state index in [1.807, 2.05) is 0 Å². The Labute approximate surface area is 124 Å². The summed E-state index contributed by atoms with van der Waals surface area (Å²) in [5.41, 5.74) is 6.30. The van der Waals surface area contributed by atoms with E-state index in [-0.39, 0.29) is 14.9 Å². The van der Waals surface area contributed by atoms with Crippen LogP contribution in [0.4, 0.5) is 11.4 Å². The SMILES string of the molecule is CN(c1ccncc1N)S(=O)(=O)c1cc(Cl)sc1Cl. The molecule has 2 N–H and O–H groups in total. The van der Waals surface area contributed by atoms with Crippen LogP contribution in [-0.2, 0) is 10.0 Å². The number of aromatic nitrogens is 1. The van der Waals surface area contributed by atoms with Gasteiger partial charge in [0.15, 0.2) is 0 Å². The van der Waals surface area contributed by atoms with Crippen LogP contribution >= 0.6 is 34.5 Å². The van der Waals surface area contributed by atoms with Crippen molar-refractivity contribution in [1.82, 2.24) is 4.98 Å². The van der Waals surface area contributed by atoms with Gasteiger partial charge in [-0.3, -0.25) is 9.29 Å². The number of hydrogen-bond acceptors (Lipinski definition) is 5. The average molecular weight is 338 g/mol. The van der Waals surface area contributed by atoms with E-state index < -0.39 is 10.0 Å². The van der Waals surface area contributed by atoms with Crippen LogP contribution < -0.4 is 10.0 Å². The van der Waals surface area contributed by atoms with Gasteiger partial charge in [-0.1, -0.05) is 23.2 Å². The number of nitrogens with zero attached hydrogens (tertiary/aromatic N) is 2. The Morgan fingerprint density at radius 2 is 2.11 bits per heavy atom. The van der Waals surface area contributed by atoms with Gasteiger partial charge < -0.3 is 5.73 Å². The fourth-order valence-electron chi connectivity index (χ4n) is 1.46. The number of rotatable bonds is 3. The predicted octanol–water partition coefficient (Wildman–Crippen LogP) is 2.86. The summed E-state index contributed by atoms with van der Waals surface area (Å²) in [4.78, 5) is 3.77. The van der Waals surface area contributed by atoms with Gasteiger partial charge in [-0.05, 0) is 12.1 Å². The Morgan fingerprint density at radius 3 is 2.63 bits per heavy atom. The minimum Gasteiger partial charge on any atom is -0.396 e. The summed E-state index contributed by atoms with van der Waals surface area (Å²) < 4.78 is 26.3. The fraction of sp³-hybridized carbons (Fsp3) is 0.100. The van der Waals surface area contributed by atoms with Crippen molar-refractivity contribution in [1.29, 1.82) is 0 Å². The Hall–Kier alpha value is -1.02. The molecule has 2 rings (SSSR count). The number of anilines is 2. The maximum Gasteiger partial charge on any atom is 0.266 e. The van der Waals surface area contributed by atoms with Gasteiger partial charge in [-0.25, -0.2) is 8.42 Å². The lowest BCUT2D eigenvalue weighted by atomic mass is 10.3. The topological polar surface area (TPSA) is 76.3 Å². The normalized spacial score (nSPS) is 11.5. The van der Waals surface area contributed by atoms with Crippen LogP contribution in [0.2, 0.25) is 8.67 Å². The van der Waals surface area contributed by atoms with Gasteiger partial charge in [0.1, 0.15) is 9.23 Å². The Bertz CT molecular complexity index is 715. The Kier molecular flexibility index (Phi) is 3.91. The zero-order chi connectivity index (χ0) is 14.2. The molecule has 0 bridgehead atoms. The minimum absolute atomic E-state index is 0.0390. The van der Waals surface area contributed by atoms with E-state index in [1.165, 1.54) is 31.6 Å². The van der Waals surface area contributed by atoms with Crippen molar-refractivity contribution in [2.75, 3.05) is 17.1 Å². The molecule has 0 fully saturated rings. The highest BCUT2D eigenvalue weighted by Gasteiger charge is 2.27. The lowest BCUT2D eigenvalue weighted by molar-refractivity contribution is 0.595. The molecule has 19 heavy (non-hydrogen) atoms. The van der Waals surface area contributed by atoms with E-state index in [0.717, 1.165) is 15.6 Å². The lowest BCUT2D eigenvalue weighted by Crippen LogP contribution is -2.27. The highest BCUT2D eigenvalue weighted by atomic mass is 35.5. The average Bonchev–Trinajstić information content (AvgIpc) is 2.69. The third kappa shape index (κ3) is 2.64. The van der Waals surface area contributed by atoms with E-state index in [4.69, 9.17) is 28.9 Å². The third-order valence-electron chi connectivity index (χ3n) is 2.43. The van der Waals surface area contributed by atoms with Gasteiger partial charge in [0.2, 0.25) is 0 Å². The molecule has 2 heterocycles. The molecule has 9 heteroatoms. The summed E-state index contributed by atoms with van der Waals surface area (Å²) in [5, 5.41) is 0. The summed E-state index contributed by atoms with van der Waals surface area (Å²) in [6.07, 6.45) is 2.84. The first kappa shape index (κ1) is 14.4. The van der Waals surface area contributed by atoms with E-state index >= 15 is 0 Å². The lowest BCUT2D eigenvalue weighted by Gasteiger charge is -2.20. The molecule has 0 radical (unpaired) electrons. The first-order valence-electron chi connectivity index (χ1n) is 4.97. The van der Waals surface area contributed by atoms with Crippen LogP contribution in [0.15, 0.2) is 29.4 Å². The van der Waals surface area contributed by atoms with Crippen molar-refractivity contribution in [3.63, 3.8) is 0 Å². The smallest absolute Gasteiger partial charge is 0.266 e. The molecule has 0 saturated heterocycles. The molecule has 0 aliphatic carbocycles. The quantitative estimate of drug-likeness (QED) is 0.934. The number of nitrogen functional groups attached to an aromatic ring is 1. The third-order valence-corrected chi connectivity index (χ3v) is 5.96. The molecule has 102 valence electrons. The zero-order valence-corrected chi connectivity index (χ0v) is 12.8. The second-order valence-electron chi connectivity index (χ2n) is 3.60. The summed E-state index contributed by atoms with van der Waals surface area (Å²) in [5.74, 6) is 0. The van der Waals surface area contributed by atoms with Crippen molar-refractivity contribution in [3.05, 3.63) is 33.2 Å². The molecule has 0 spiro atoms. The van der Waals surface area contributed by atoms with E-state index in [0.29, 0.717) is 10.0 Å². The molecule has 0 saturated carbocycles. The maximum atomic E-state index is 12.4. The minimum atomic E-state index is -3.80. The zero-order valence-electron chi connectivity index (χ0n) is 9.67. The first-order valence-corrected chi connectivity index (χ1v) is 7.98. The van der Waals surface area contributed by atoms with Crippen molar-refractivity contribution < 1.29 is 8.42 Å². The van der Waals surface area contributed by atoms with Gasteiger partial charge >= 0.3 is 0 Å². The van der Waals surface area contributed by atoms with Crippen LogP contribution in [-0.4, -0.2) is 20.4 Å². The standard InChI is InChI=1S/C10H9Cl2N3O2S2/c1-15(7-2-3-14-5-6(7)13)19(16,17)8-4-9(11)18-10(8)12/h2-5H,13H2,1H3. The molecule has 0 aliphatic rings. The summed E-state index contributed by atoms with van der Waals surface area (Å²) in [7, 11) is -2.41. The molecular formula is C10H9Cl2N3O2S2. The van der Waals surface area contributed by atoms with Crippen LogP contribution in [0, 0.1) is 0 Å². The second kappa shape index (κ2) is 5.16. The van der Waals surface area contributed by atoms with Crippen molar-refractivity contribution >= 4 is 55.9 Å². The van der Waals surface area contributed by atoms with E-state index in [9.17, 15) is 8.42 Å². The van der Waals surface area contributed by atoms with Crippen molar-refractivity contribution in [2.24, 2.45) is 0 Å². The predicted molar refractivity (Wildman–Crippen MR) is 78.6 cm³/mol. The monoisotopic (exact) mass is 337 g/mol. The van der Waals surface area contributed by atoms with Gasteiger partial charge in [-0.2, -0.15) is 0 Å². The molecule has 0 amide bonds. The second-order valence-corrected chi connectivity index (χ2v) is 7.82. The number of thiophene rings is 1. The molecule has 0 atom stereocenters. The maximum absolute atomic E-state index is 12.4. The van der Waals surface area contributed by atoms with E-state index in [2.05, 4.69) is 4.98 Å². The fourth-order valence-corrected chi connectivity index (χ4v) is 4.80. The van der Waals surface area contributed by atoms with Crippen LogP contribution in [0.25, 0.3) is 0 Å². The van der Waals surface area contributed by atoms with Crippen molar-refractivity contribution in [2.45, 2.75) is 4.90 Å². The highest BCUT2D eigenvalue weighted by molar-refractivity contribution is 7.93. The summed E-state index contributed by atoms with van der Waals surface area (Å²) in [6, 6.07) is 2.83. The first-order chi connectivity index (χ1) is 8.84. The molecular weight excluding hydrogens is 329 g/mol. The largest absolute Gasteiger partial charge is 0.396 e. The number of nitrogens with two attached hydrogens (primary N) is 1. The molecule has 2 aromatic rings. The van der Waals surface area contributed by atoms with Crippen molar-refractivity contribution in [3.8, 4) is 0 Å². The number of pyridine rings is 1.